The summed E-state index contributed by atoms with van der Waals surface area (Å²) < 4.78 is 23.6. The van der Waals surface area contributed by atoms with Gasteiger partial charge in [-0.3, -0.25) is 0 Å². The molecular weight excluding hydrogens is 199 g/mol. The fourth-order valence-electron chi connectivity index (χ4n) is 1.41. The standard InChI is InChI=1S/C11H15FO3/c1-7(13)6-8-4-5-9(14-2)11(15-3)10(8)12/h4-5,7,13H,6H2,1-3H3. The van der Waals surface area contributed by atoms with Crippen LogP contribution < -0.4 is 9.47 Å². The lowest BCUT2D eigenvalue weighted by Gasteiger charge is -2.12. The van der Waals surface area contributed by atoms with Crippen molar-refractivity contribution in [3.8, 4) is 11.5 Å². The SMILES string of the molecule is COc1ccc(CC(C)O)c(F)c1OC. The maximum Gasteiger partial charge on any atom is 0.197 e. The zero-order chi connectivity index (χ0) is 11.4. The molecule has 1 unspecified atom stereocenters. The quantitative estimate of drug-likeness (QED) is 0.830. The Kier molecular flexibility index (Phi) is 3.91. The van der Waals surface area contributed by atoms with Gasteiger partial charge in [0.05, 0.1) is 20.3 Å². The molecule has 0 radical (unpaired) electrons. The first-order valence-corrected chi connectivity index (χ1v) is 4.67. The van der Waals surface area contributed by atoms with Crippen LogP contribution in [0.1, 0.15) is 12.5 Å². The molecule has 3 nitrogen and oxygen atoms in total. The molecule has 0 spiro atoms. The fourth-order valence-corrected chi connectivity index (χ4v) is 1.41. The molecule has 1 aromatic rings. The second-order valence-electron chi connectivity index (χ2n) is 3.33. The predicted molar refractivity (Wildman–Crippen MR) is 54.9 cm³/mol. The summed E-state index contributed by atoms with van der Waals surface area (Å²) in [5.74, 6) is -0.0438. The molecule has 0 heterocycles. The molecule has 1 rings (SSSR count). The highest BCUT2D eigenvalue weighted by molar-refractivity contribution is 5.44. The number of aliphatic hydroxyl groups excluding tert-OH is 1. The van der Waals surface area contributed by atoms with Gasteiger partial charge in [0.1, 0.15) is 0 Å². The molecule has 0 saturated heterocycles. The van der Waals surface area contributed by atoms with Crippen LogP contribution in [0.15, 0.2) is 12.1 Å². The molecule has 0 aromatic heterocycles. The molecule has 0 amide bonds. The van der Waals surface area contributed by atoms with Crippen molar-refractivity contribution < 1.29 is 19.0 Å². The van der Waals surface area contributed by atoms with Crippen molar-refractivity contribution >= 4 is 0 Å². The van der Waals surface area contributed by atoms with Gasteiger partial charge in [0.15, 0.2) is 17.3 Å². The van der Waals surface area contributed by atoms with E-state index in [1.807, 2.05) is 0 Å². The molecule has 0 aliphatic carbocycles. The molecule has 0 aliphatic rings. The van der Waals surface area contributed by atoms with Crippen LogP contribution in [-0.2, 0) is 6.42 Å². The third-order valence-electron chi connectivity index (χ3n) is 2.08. The van der Waals surface area contributed by atoms with E-state index in [1.165, 1.54) is 14.2 Å². The van der Waals surface area contributed by atoms with Gasteiger partial charge in [-0.2, -0.15) is 0 Å². The first-order chi connectivity index (χ1) is 7.10. The third kappa shape index (κ3) is 2.59. The minimum Gasteiger partial charge on any atom is -0.493 e. The van der Waals surface area contributed by atoms with Gasteiger partial charge in [-0.05, 0) is 18.6 Å². The van der Waals surface area contributed by atoms with Gasteiger partial charge in [-0.15, -0.1) is 0 Å². The number of benzene rings is 1. The van der Waals surface area contributed by atoms with Crippen LogP contribution >= 0.6 is 0 Å². The first-order valence-electron chi connectivity index (χ1n) is 4.67. The van der Waals surface area contributed by atoms with Gasteiger partial charge < -0.3 is 14.6 Å². The first kappa shape index (κ1) is 11.8. The molecule has 0 aliphatic heterocycles. The molecule has 4 heteroatoms. The van der Waals surface area contributed by atoms with E-state index in [0.717, 1.165) is 0 Å². The van der Waals surface area contributed by atoms with Crippen molar-refractivity contribution in [2.24, 2.45) is 0 Å². The highest BCUT2D eigenvalue weighted by atomic mass is 19.1. The van der Waals surface area contributed by atoms with Crippen molar-refractivity contribution in [1.29, 1.82) is 0 Å². The summed E-state index contributed by atoms with van der Waals surface area (Å²) >= 11 is 0. The maximum atomic E-state index is 13.8. The maximum absolute atomic E-state index is 13.8. The van der Waals surface area contributed by atoms with E-state index in [-0.39, 0.29) is 12.2 Å². The van der Waals surface area contributed by atoms with Crippen molar-refractivity contribution in [2.45, 2.75) is 19.4 Å². The van der Waals surface area contributed by atoms with Crippen LogP contribution in [0.4, 0.5) is 4.39 Å². The van der Waals surface area contributed by atoms with Crippen molar-refractivity contribution in [1.82, 2.24) is 0 Å². The molecule has 84 valence electrons. The number of halogens is 1. The number of hydrogen-bond acceptors (Lipinski definition) is 3. The number of aliphatic hydroxyl groups is 1. The Morgan fingerprint density at radius 3 is 2.47 bits per heavy atom. The van der Waals surface area contributed by atoms with Gasteiger partial charge in [0.2, 0.25) is 0 Å². The highest BCUT2D eigenvalue weighted by Crippen LogP contribution is 2.32. The summed E-state index contributed by atoms with van der Waals surface area (Å²) in [5, 5.41) is 9.18. The Morgan fingerprint density at radius 2 is 2.00 bits per heavy atom. The monoisotopic (exact) mass is 214 g/mol. The molecule has 0 saturated carbocycles. The molecule has 1 N–H and O–H groups in total. The Balaban J connectivity index is 3.11. The van der Waals surface area contributed by atoms with Crippen molar-refractivity contribution in [3.05, 3.63) is 23.5 Å². The lowest BCUT2D eigenvalue weighted by Crippen LogP contribution is -2.07. The van der Waals surface area contributed by atoms with E-state index in [9.17, 15) is 9.50 Å². The highest BCUT2D eigenvalue weighted by Gasteiger charge is 2.15. The third-order valence-corrected chi connectivity index (χ3v) is 2.08. The van der Waals surface area contributed by atoms with Crippen LogP contribution in [0, 0.1) is 5.82 Å². The van der Waals surface area contributed by atoms with Gasteiger partial charge >= 0.3 is 0 Å². The minimum absolute atomic E-state index is 0.0793. The van der Waals surface area contributed by atoms with E-state index in [1.54, 1.807) is 19.1 Å². The van der Waals surface area contributed by atoms with E-state index >= 15 is 0 Å². The smallest absolute Gasteiger partial charge is 0.197 e. The summed E-state index contributed by atoms with van der Waals surface area (Å²) in [6, 6.07) is 3.21. The largest absolute Gasteiger partial charge is 0.493 e. The second-order valence-corrected chi connectivity index (χ2v) is 3.33. The number of methoxy groups -OCH3 is 2. The molecule has 0 bridgehead atoms. The van der Waals surface area contributed by atoms with Gasteiger partial charge in [0, 0.05) is 6.42 Å². The molecule has 1 aromatic carbocycles. The summed E-state index contributed by atoms with van der Waals surface area (Å²) in [7, 11) is 2.83. The van der Waals surface area contributed by atoms with Crippen molar-refractivity contribution in [3.63, 3.8) is 0 Å². The summed E-state index contributed by atoms with van der Waals surface area (Å²) in [6.07, 6.45) is -0.329. The Hall–Kier alpha value is -1.29. The van der Waals surface area contributed by atoms with E-state index < -0.39 is 11.9 Å². The topological polar surface area (TPSA) is 38.7 Å². The molecule has 0 fully saturated rings. The number of hydrogen-bond donors (Lipinski definition) is 1. The molecule has 1 atom stereocenters. The van der Waals surface area contributed by atoms with Gasteiger partial charge in [-0.25, -0.2) is 4.39 Å². The average Bonchev–Trinajstić information content (AvgIpc) is 2.20. The Morgan fingerprint density at radius 1 is 1.33 bits per heavy atom. The van der Waals surface area contributed by atoms with E-state index in [4.69, 9.17) is 9.47 Å². The van der Waals surface area contributed by atoms with Gasteiger partial charge in [0.25, 0.3) is 0 Å². The van der Waals surface area contributed by atoms with Gasteiger partial charge in [-0.1, -0.05) is 6.07 Å². The predicted octanol–water partition coefficient (Wildman–Crippen LogP) is 1.77. The van der Waals surface area contributed by atoms with Crippen LogP contribution in [-0.4, -0.2) is 25.4 Å². The Bertz CT molecular complexity index is 337. The average molecular weight is 214 g/mol. The van der Waals surface area contributed by atoms with Crippen molar-refractivity contribution in [2.75, 3.05) is 14.2 Å². The second kappa shape index (κ2) is 4.98. The number of ether oxygens (including phenoxy) is 2. The molecule has 15 heavy (non-hydrogen) atoms. The number of rotatable bonds is 4. The summed E-state index contributed by atoms with van der Waals surface area (Å²) in [4.78, 5) is 0. The van der Waals surface area contributed by atoms with Crippen LogP contribution in [0.3, 0.4) is 0 Å². The normalized spacial score (nSPS) is 12.3. The van der Waals surface area contributed by atoms with Crippen LogP contribution in [0.2, 0.25) is 0 Å². The summed E-state index contributed by atoms with van der Waals surface area (Å²) in [6.45, 7) is 1.61. The lowest BCUT2D eigenvalue weighted by atomic mass is 10.1. The Labute approximate surface area is 88.4 Å². The van der Waals surface area contributed by atoms with E-state index in [2.05, 4.69) is 0 Å². The fraction of sp³-hybridized carbons (Fsp3) is 0.455. The lowest BCUT2D eigenvalue weighted by molar-refractivity contribution is 0.193. The summed E-state index contributed by atoms with van der Waals surface area (Å²) in [5.41, 5.74) is 0.419. The zero-order valence-corrected chi connectivity index (χ0v) is 9.08. The van der Waals surface area contributed by atoms with E-state index in [0.29, 0.717) is 11.3 Å². The van der Waals surface area contributed by atoms with Crippen LogP contribution in [0.5, 0.6) is 11.5 Å². The molecular formula is C11H15FO3. The minimum atomic E-state index is -0.586. The van der Waals surface area contributed by atoms with Crippen LogP contribution in [0.25, 0.3) is 0 Å². The zero-order valence-electron chi connectivity index (χ0n) is 9.08.